The minimum Gasteiger partial charge on any atom is -0.514 e. The predicted octanol–water partition coefficient (Wildman–Crippen LogP) is 3.62. The first-order valence-corrected chi connectivity index (χ1v) is 12.0. The monoisotopic (exact) mass is 481 g/mol. The first-order chi connectivity index (χ1) is 17.0. The van der Waals surface area contributed by atoms with Crippen molar-refractivity contribution < 1.29 is 24.5 Å². The van der Waals surface area contributed by atoms with Crippen LogP contribution in [0.3, 0.4) is 0 Å². The smallest absolute Gasteiger partial charge is 0.303 e. The molecule has 0 unspecified atom stereocenters. The van der Waals surface area contributed by atoms with E-state index in [-0.39, 0.29) is 6.42 Å². The van der Waals surface area contributed by atoms with Crippen LogP contribution in [0.15, 0.2) is 65.5 Å². The quantitative estimate of drug-likeness (QED) is 0.333. The molecule has 35 heavy (non-hydrogen) atoms. The number of hydrogen-bond donors (Lipinski definition) is 2. The lowest BCUT2D eigenvalue weighted by Gasteiger charge is -2.32. The first-order valence-electron chi connectivity index (χ1n) is 12.0. The Morgan fingerprint density at radius 3 is 2.51 bits per heavy atom. The van der Waals surface area contributed by atoms with Crippen LogP contribution in [-0.4, -0.2) is 85.2 Å². The van der Waals surface area contributed by atoms with Crippen molar-refractivity contribution in [1.29, 1.82) is 0 Å². The van der Waals surface area contributed by atoms with Gasteiger partial charge in [-0.05, 0) is 30.7 Å². The summed E-state index contributed by atoms with van der Waals surface area (Å²) in [6.07, 6.45) is 3.56. The Bertz CT molecular complexity index is 986. The Kier molecular flexibility index (Phi) is 10.6. The number of aryl methyl sites for hydroxylation is 1. The summed E-state index contributed by atoms with van der Waals surface area (Å²) in [4.78, 5) is 20.1. The number of aliphatic hydroxyl groups excluding tert-OH is 1. The van der Waals surface area contributed by atoms with Gasteiger partial charge in [-0.25, -0.2) is 0 Å². The lowest BCUT2D eigenvalue weighted by atomic mass is 10.1. The second-order valence-corrected chi connectivity index (χ2v) is 8.54. The number of nitrogens with zero attached hydrogens (tertiary/aromatic N) is 3. The molecule has 1 fully saturated rings. The summed E-state index contributed by atoms with van der Waals surface area (Å²) in [5.41, 5.74) is 2.31. The summed E-state index contributed by atoms with van der Waals surface area (Å²) in [6.45, 7) is 5.80. The third kappa shape index (κ3) is 9.42. The van der Waals surface area contributed by atoms with Crippen molar-refractivity contribution in [2.24, 2.45) is 4.99 Å². The molecule has 188 valence electrons. The van der Waals surface area contributed by atoms with Crippen molar-refractivity contribution in [2.75, 3.05) is 53.0 Å². The Morgan fingerprint density at radius 1 is 1.03 bits per heavy atom. The van der Waals surface area contributed by atoms with E-state index >= 15 is 0 Å². The molecule has 0 atom stereocenters. The van der Waals surface area contributed by atoms with E-state index in [0.29, 0.717) is 43.3 Å². The topological polar surface area (TPSA) is 94.8 Å². The van der Waals surface area contributed by atoms with Crippen LogP contribution in [0.5, 0.6) is 11.5 Å². The number of hydrogen-bond acceptors (Lipinski definition) is 7. The van der Waals surface area contributed by atoms with E-state index in [1.54, 1.807) is 6.21 Å². The number of piperazine rings is 1. The number of ether oxygens (including phenoxy) is 2. The number of benzene rings is 2. The lowest BCUT2D eigenvalue weighted by molar-refractivity contribution is -0.136. The van der Waals surface area contributed by atoms with E-state index in [1.165, 1.54) is 0 Å². The van der Waals surface area contributed by atoms with Gasteiger partial charge in [-0.15, -0.1) is 0 Å². The zero-order valence-electron chi connectivity index (χ0n) is 20.3. The maximum Gasteiger partial charge on any atom is 0.303 e. The van der Waals surface area contributed by atoms with Crippen LogP contribution in [0.4, 0.5) is 0 Å². The maximum atomic E-state index is 11.1. The van der Waals surface area contributed by atoms with Gasteiger partial charge in [0.1, 0.15) is 24.4 Å². The first kappa shape index (κ1) is 26.2. The molecule has 0 saturated carbocycles. The molecule has 3 rings (SSSR count). The van der Waals surface area contributed by atoms with Crippen molar-refractivity contribution >= 4 is 12.2 Å². The van der Waals surface area contributed by atoms with Crippen molar-refractivity contribution in [2.45, 2.75) is 19.3 Å². The molecule has 2 aromatic carbocycles. The van der Waals surface area contributed by atoms with Crippen molar-refractivity contribution in [3.8, 4) is 11.5 Å². The summed E-state index contributed by atoms with van der Waals surface area (Å²) in [5.74, 6) is 0.439. The number of rotatable bonds is 13. The number of carboxylic acid groups (broad SMARTS) is 1. The summed E-state index contributed by atoms with van der Waals surface area (Å²) in [5, 5.41) is 18.6. The van der Waals surface area contributed by atoms with Gasteiger partial charge in [0.05, 0.1) is 12.3 Å². The molecule has 0 aliphatic carbocycles. The van der Waals surface area contributed by atoms with Gasteiger partial charge in [0, 0.05) is 57.8 Å². The zero-order chi connectivity index (χ0) is 24.9. The summed E-state index contributed by atoms with van der Waals surface area (Å²) < 4.78 is 12.0. The van der Waals surface area contributed by atoms with Crippen LogP contribution >= 0.6 is 0 Å². The summed E-state index contributed by atoms with van der Waals surface area (Å²) in [6, 6.07) is 15.2. The number of carbonyl (C=O) groups is 1. The molecule has 1 aliphatic rings. The van der Waals surface area contributed by atoms with Crippen LogP contribution in [0.2, 0.25) is 0 Å². The van der Waals surface area contributed by atoms with Gasteiger partial charge >= 0.3 is 5.97 Å². The van der Waals surface area contributed by atoms with E-state index in [4.69, 9.17) is 14.6 Å². The van der Waals surface area contributed by atoms with Crippen molar-refractivity contribution in [1.82, 2.24) is 9.80 Å². The summed E-state index contributed by atoms with van der Waals surface area (Å²) >= 11 is 0. The summed E-state index contributed by atoms with van der Waals surface area (Å²) in [7, 11) is 2.13. The normalized spacial score (nSPS) is 15.4. The molecular weight excluding hydrogens is 446 g/mol. The Hall–Kier alpha value is -3.36. The second-order valence-electron chi connectivity index (χ2n) is 8.54. The van der Waals surface area contributed by atoms with E-state index in [0.717, 1.165) is 50.1 Å². The molecular formula is C27H35N3O5. The molecule has 0 aromatic heterocycles. The number of aliphatic carboxylic acids is 1. The van der Waals surface area contributed by atoms with Gasteiger partial charge in [-0.3, -0.25) is 14.7 Å². The molecule has 1 heterocycles. The number of likely N-dealkylation sites (N-methyl/N-ethyl adjacent to an activating group) is 1. The van der Waals surface area contributed by atoms with E-state index in [9.17, 15) is 9.90 Å². The largest absolute Gasteiger partial charge is 0.514 e. The predicted molar refractivity (Wildman–Crippen MR) is 137 cm³/mol. The minimum absolute atomic E-state index is 0.0408. The molecule has 2 aromatic rings. The lowest BCUT2D eigenvalue weighted by Crippen LogP contribution is -2.45. The van der Waals surface area contributed by atoms with E-state index in [1.807, 2.05) is 48.5 Å². The third-order valence-corrected chi connectivity index (χ3v) is 5.86. The molecule has 1 saturated heterocycles. The average Bonchev–Trinajstić information content (AvgIpc) is 2.87. The highest BCUT2D eigenvalue weighted by molar-refractivity contribution is 5.80. The van der Waals surface area contributed by atoms with Crippen LogP contribution in [0.25, 0.3) is 0 Å². The maximum absolute atomic E-state index is 11.1. The van der Waals surface area contributed by atoms with Gasteiger partial charge in [-0.1, -0.05) is 36.4 Å². The van der Waals surface area contributed by atoms with Crippen LogP contribution < -0.4 is 9.47 Å². The Labute approximate surface area is 207 Å². The molecule has 1 aliphatic heterocycles. The fraction of sp³-hybridized carbons (Fsp3) is 0.407. The molecule has 0 amide bonds. The van der Waals surface area contributed by atoms with Crippen molar-refractivity contribution in [3.63, 3.8) is 0 Å². The number of aliphatic hydroxyl groups is 1. The Morgan fingerprint density at radius 2 is 1.80 bits per heavy atom. The highest BCUT2D eigenvalue weighted by Gasteiger charge is 2.14. The standard InChI is InChI=1S/C27H35N3O5/c1-29-12-14-30(15-13-29)16-18-35-26-19-25(9-7-23(26)8-10-27(32)33)34-17-11-24(21-31)28-20-22-5-3-2-4-6-22/h2-7,9,19-21,31H,8,10-18H2,1H3,(H,32,33)/b24-21-,28-20?. The van der Waals surface area contributed by atoms with Gasteiger partial charge in [0.25, 0.3) is 0 Å². The highest BCUT2D eigenvalue weighted by atomic mass is 16.5. The second kappa shape index (κ2) is 14.1. The molecule has 8 heteroatoms. The fourth-order valence-electron chi connectivity index (χ4n) is 3.70. The van der Waals surface area contributed by atoms with E-state index in [2.05, 4.69) is 21.8 Å². The highest BCUT2D eigenvalue weighted by Crippen LogP contribution is 2.27. The van der Waals surface area contributed by atoms with Gasteiger partial charge in [0.2, 0.25) is 0 Å². The number of carboxylic acids is 1. The van der Waals surface area contributed by atoms with Crippen molar-refractivity contribution in [3.05, 3.63) is 71.6 Å². The fourth-order valence-corrected chi connectivity index (χ4v) is 3.70. The van der Waals surface area contributed by atoms with Crippen LogP contribution in [0, 0.1) is 0 Å². The average molecular weight is 482 g/mol. The minimum atomic E-state index is -0.840. The molecule has 2 N–H and O–H groups in total. The Balaban J connectivity index is 1.54. The zero-order valence-corrected chi connectivity index (χ0v) is 20.3. The van der Waals surface area contributed by atoms with Gasteiger partial charge < -0.3 is 24.6 Å². The number of aliphatic imine (C=N–C) groups is 1. The van der Waals surface area contributed by atoms with Crippen LogP contribution in [0.1, 0.15) is 24.0 Å². The SMILES string of the molecule is CN1CCN(CCOc2cc(OCC/C(=C/O)N=Cc3ccccc3)ccc2CCC(=O)O)CC1. The molecule has 8 nitrogen and oxygen atoms in total. The third-order valence-electron chi connectivity index (χ3n) is 5.86. The van der Waals surface area contributed by atoms with Gasteiger partial charge in [-0.2, -0.15) is 0 Å². The molecule has 0 spiro atoms. The molecule has 0 bridgehead atoms. The van der Waals surface area contributed by atoms with Gasteiger partial charge in [0.15, 0.2) is 0 Å². The molecule has 0 radical (unpaired) electrons. The van der Waals surface area contributed by atoms with E-state index < -0.39 is 5.97 Å². The van der Waals surface area contributed by atoms with Crippen LogP contribution in [-0.2, 0) is 11.2 Å².